The van der Waals surface area contributed by atoms with Crippen LogP contribution in [0.4, 0.5) is 5.69 Å². The third kappa shape index (κ3) is 5.52. The summed E-state index contributed by atoms with van der Waals surface area (Å²) in [6.45, 7) is 5.98. The molecule has 0 saturated carbocycles. The topological polar surface area (TPSA) is 93.9 Å². The van der Waals surface area contributed by atoms with E-state index in [9.17, 15) is 15.2 Å². The van der Waals surface area contributed by atoms with E-state index in [0.29, 0.717) is 22.4 Å². The maximum atomic E-state index is 13.2. The summed E-state index contributed by atoms with van der Waals surface area (Å²) in [6.07, 6.45) is 3.68. The van der Waals surface area contributed by atoms with E-state index in [1.165, 1.54) is 16.7 Å². The maximum Gasteiger partial charge on any atom is 0.266 e. The van der Waals surface area contributed by atoms with Crippen LogP contribution in [0.5, 0.6) is 0 Å². The first-order chi connectivity index (χ1) is 14.4. The van der Waals surface area contributed by atoms with Crippen LogP contribution in [0.1, 0.15) is 26.6 Å². The number of nitrogens with zero attached hydrogens (tertiary/aromatic N) is 4. The van der Waals surface area contributed by atoms with Crippen LogP contribution in [-0.2, 0) is 0 Å². The van der Waals surface area contributed by atoms with Gasteiger partial charge in [-0.1, -0.05) is 38.1 Å². The van der Waals surface area contributed by atoms with Gasteiger partial charge in [0.2, 0.25) is 0 Å². The molecule has 1 unspecified atom stereocenters. The van der Waals surface area contributed by atoms with Crippen LogP contribution >= 0.6 is 0 Å². The Labute approximate surface area is 176 Å². The lowest BCUT2D eigenvalue weighted by molar-refractivity contribution is 0.0291. The van der Waals surface area contributed by atoms with Gasteiger partial charge in [-0.2, -0.15) is 0 Å². The van der Waals surface area contributed by atoms with Gasteiger partial charge in [-0.15, -0.1) is 5.23 Å². The summed E-state index contributed by atoms with van der Waals surface area (Å²) in [5.41, 5.74) is 4.17. The van der Waals surface area contributed by atoms with Crippen LogP contribution in [0.3, 0.4) is 0 Å². The normalized spacial score (nSPS) is 12.1. The molecule has 30 heavy (non-hydrogen) atoms. The highest BCUT2D eigenvalue weighted by Gasteiger charge is 2.12. The molecule has 0 aliphatic rings. The average Bonchev–Trinajstić information content (AvgIpc) is 2.73. The summed E-state index contributed by atoms with van der Waals surface area (Å²) < 4.78 is 1.45. The molecule has 160 valence electrons. The van der Waals surface area contributed by atoms with Crippen LogP contribution in [0.15, 0.2) is 59.4 Å². The minimum Gasteiger partial charge on any atom is -0.268 e. The number of nitrogens with one attached hydrogen (secondary N) is 1. The fraction of sp³-hybridized carbons (Fsp3) is 0.273. The summed E-state index contributed by atoms with van der Waals surface area (Å²) in [5.74, 6) is 0.440. The molecule has 8 nitrogen and oxygen atoms in total. The third-order valence-corrected chi connectivity index (χ3v) is 4.12. The van der Waals surface area contributed by atoms with Crippen molar-refractivity contribution in [3.63, 3.8) is 0 Å². The average molecular weight is 412 g/mol. The first-order valence-corrected chi connectivity index (χ1v) is 9.78. The Hall–Kier alpha value is -3.04. The van der Waals surface area contributed by atoms with Gasteiger partial charge in [0.25, 0.3) is 5.56 Å². The molecule has 1 aromatic heterocycles. The van der Waals surface area contributed by atoms with Crippen molar-refractivity contribution in [1.82, 2.24) is 20.0 Å². The van der Waals surface area contributed by atoms with Gasteiger partial charge in [-0.3, -0.25) is 24.8 Å². The quantitative estimate of drug-likeness (QED) is 0.535. The van der Waals surface area contributed by atoms with Crippen LogP contribution in [0, 0.1) is 0 Å². The molecule has 8 heteroatoms. The number of fused-ring (bicyclic) bond motifs is 1. The first kappa shape index (κ1) is 23.2. The van der Waals surface area contributed by atoms with Gasteiger partial charge in [0.15, 0.2) is 0 Å². The molecule has 1 heterocycles. The summed E-state index contributed by atoms with van der Waals surface area (Å²) in [6, 6.07) is 13.5. The van der Waals surface area contributed by atoms with Crippen molar-refractivity contribution in [3.8, 4) is 5.69 Å². The van der Waals surface area contributed by atoms with Gasteiger partial charge in [-0.25, -0.2) is 10.4 Å². The number of hydrogen-bond donors (Lipinski definition) is 3. The second-order valence-electron chi connectivity index (χ2n) is 6.61. The molecule has 0 aliphatic heterocycles. The van der Waals surface area contributed by atoms with Crippen LogP contribution in [-0.4, -0.2) is 45.1 Å². The number of aromatic nitrogens is 2. The van der Waals surface area contributed by atoms with E-state index in [0.717, 1.165) is 0 Å². The number of para-hydroxylation sites is 1. The molecular formula is C22H29N5O3. The van der Waals surface area contributed by atoms with Crippen molar-refractivity contribution < 1.29 is 10.4 Å². The van der Waals surface area contributed by atoms with E-state index in [-0.39, 0.29) is 22.5 Å². The van der Waals surface area contributed by atoms with Gasteiger partial charge < -0.3 is 0 Å². The minimum absolute atomic E-state index is 0.0155. The van der Waals surface area contributed by atoms with Gasteiger partial charge in [0.1, 0.15) is 5.82 Å². The highest BCUT2D eigenvalue weighted by atomic mass is 16.8. The molecule has 1 atom stereocenters. The number of rotatable bonds is 6. The highest BCUT2D eigenvalue weighted by molar-refractivity contribution is 5.79. The van der Waals surface area contributed by atoms with E-state index in [4.69, 9.17) is 0 Å². The lowest BCUT2D eigenvalue weighted by Crippen LogP contribution is -2.36. The van der Waals surface area contributed by atoms with E-state index in [1.54, 1.807) is 36.4 Å². The SMILES string of the molecule is CC.CC(/C=C\c1nc2ccccc2c(=O)n1-c1cccc(N(O)O)c1)NN(C)C. The molecule has 0 aliphatic carbocycles. The molecule has 0 saturated heterocycles. The van der Waals surface area contributed by atoms with Gasteiger partial charge in [0.05, 0.1) is 22.3 Å². The molecule has 0 radical (unpaired) electrons. The van der Waals surface area contributed by atoms with Crippen LogP contribution in [0.25, 0.3) is 22.7 Å². The lowest BCUT2D eigenvalue weighted by atomic mass is 10.2. The minimum atomic E-state index is -0.238. The molecule has 0 spiro atoms. The molecular weight excluding hydrogens is 382 g/mol. The maximum absolute atomic E-state index is 13.2. The van der Waals surface area contributed by atoms with E-state index < -0.39 is 0 Å². The van der Waals surface area contributed by atoms with Crippen molar-refractivity contribution >= 4 is 22.7 Å². The number of hydrogen-bond acceptors (Lipinski definition) is 7. The van der Waals surface area contributed by atoms with Crippen molar-refractivity contribution in [1.29, 1.82) is 0 Å². The largest absolute Gasteiger partial charge is 0.268 e. The predicted octanol–water partition coefficient (Wildman–Crippen LogP) is 3.46. The number of hydrazine groups is 1. The Bertz CT molecular complexity index is 1060. The Morgan fingerprint density at radius 1 is 1.10 bits per heavy atom. The fourth-order valence-electron chi connectivity index (χ4n) is 2.95. The standard InChI is InChI=1S/C20H23N5O3.C2H6/c1-14(22-23(2)3)11-12-19-21-18-10-5-4-9-17(18)20(26)24(19)15-7-6-8-16(13-15)25(27)28;1-2/h4-14,22,27-28H,1-3H3;1-2H3/b12-11-;. The molecule has 3 aromatic rings. The van der Waals surface area contributed by atoms with Crippen molar-refractivity contribution in [2.75, 3.05) is 19.3 Å². The second kappa shape index (κ2) is 10.7. The zero-order chi connectivity index (χ0) is 22.3. The van der Waals surface area contributed by atoms with E-state index >= 15 is 0 Å². The smallest absolute Gasteiger partial charge is 0.266 e. The molecule has 3 N–H and O–H groups in total. The van der Waals surface area contributed by atoms with E-state index in [2.05, 4.69) is 10.4 Å². The zero-order valence-electron chi connectivity index (χ0n) is 17.9. The Balaban J connectivity index is 0.00000155. The molecule has 0 bridgehead atoms. The summed E-state index contributed by atoms with van der Waals surface area (Å²) in [4.78, 5) is 17.8. The zero-order valence-corrected chi connectivity index (χ0v) is 17.9. The Morgan fingerprint density at radius 2 is 1.80 bits per heavy atom. The van der Waals surface area contributed by atoms with Crippen LogP contribution in [0.2, 0.25) is 0 Å². The molecule has 0 fully saturated rings. The van der Waals surface area contributed by atoms with Gasteiger partial charge >= 0.3 is 0 Å². The molecule has 3 rings (SSSR count). The molecule has 0 amide bonds. The van der Waals surface area contributed by atoms with Crippen molar-refractivity contribution in [2.45, 2.75) is 26.8 Å². The van der Waals surface area contributed by atoms with Gasteiger partial charge in [-0.05, 0) is 43.3 Å². The third-order valence-electron chi connectivity index (χ3n) is 4.12. The van der Waals surface area contributed by atoms with Crippen LogP contribution < -0.4 is 16.2 Å². The van der Waals surface area contributed by atoms with E-state index in [1.807, 2.05) is 52.0 Å². The second-order valence-corrected chi connectivity index (χ2v) is 6.61. The Morgan fingerprint density at radius 3 is 2.47 bits per heavy atom. The number of anilines is 1. The predicted molar refractivity (Wildman–Crippen MR) is 120 cm³/mol. The number of benzene rings is 2. The summed E-state index contributed by atoms with van der Waals surface area (Å²) >= 11 is 0. The van der Waals surface area contributed by atoms with Crippen molar-refractivity contribution in [3.05, 3.63) is 70.8 Å². The lowest BCUT2D eigenvalue weighted by Gasteiger charge is -2.17. The highest BCUT2D eigenvalue weighted by Crippen LogP contribution is 2.19. The van der Waals surface area contributed by atoms with Gasteiger partial charge in [0, 0.05) is 20.1 Å². The first-order valence-electron chi connectivity index (χ1n) is 9.78. The monoisotopic (exact) mass is 411 g/mol. The molecule has 2 aromatic carbocycles. The summed E-state index contributed by atoms with van der Waals surface area (Å²) in [7, 11) is 3.80. The summed E-state index contributed by atoms with van der Waals surface area (Å²) in [5, 5.41) is 21.0. The fourth-order valence-corrected chi connectivity index (χ4v) is 2.95. The Kier molecular flexibility index (Phi) is 8.25. The van der Waals surface area contributed by atoms with Crippen molar-refractivity contribution in [2.24, 2.45) is 0 Å².